The Morgan fingerprint density at radius 1 is 1.21 bits per heavy atom. The van der Waals surface area contributed by atoms with E-state index in [0.29, 0.717) is 6.42 Å². The predicted molar refractivity (Wildman–Crippen MR) is 73.6 cm³/mol. The molecule has 1 aromatic rings. The number of carbonyl (C=O) groups is 2. The van der Waals surface area contributed by atoms with Crippen LogP contribution in [0.15, 0.2) is 30.3 Å². The van der Waals surface area contributed by atoms with E-state index in [9.17, 15) is 9.59 Å². The van der Waals surface area contributed by atoms with Gasteiger partial charge in [-0.05, 0) is 25.3 Å². The van der Waals surface area contributed by atoms with Gasteiger partial charge in [0.25, 0.3) is 0 Å². The lowest BCUT2D eigenvalue weighted by Crippen LogP contribution is -2.49. The van der Waals surface area contributed by atoms with Crippen molar-refractivity contribution in [2.75, 3.05) is 6.61 Å². The third-order valence-electron chi connectivity index (χ3n) is 2.88. The minimum absolute atomic E-state index is 0.122. The van der Waals surface area contributed by atoms with Crippen LogP contribution in [-0.2, 0) is 20.7 Å². The van der Waals surface area contributed by atoms with Crippen molar-refractivity contribution in [1.82, 2.24) is 5.32 Å². The van der Waals surface area contributed by atoms with E-state index in [0.717, 1.165) is 6.42 Å². The highest BCUT2D eigenvalue weighted by molar-refractivity contribution is 5.74. The molecule has 1 N–H and O–H groups in total. The molecule has 0 aromatic heterocycles. The summed E-state index contributed by atoms with van der Waals surface area (Å²) in [5.74, 6) is -0.459. The second-order valence-corrected chi connectivity index (χ2v) is 5.01. The highest BCUT2D eigenvalue weighted by Crippen LogP contribution is 2.15. The summed E-state index contributed by atoms with van der Waals surface area (Å²) in [5, 5.41) is 2.87. The third-order valence-corrected chi connectivity index (χ3v) is 2.88. The molecule has 1 rings (SSSR count). The van der Waals surface area contributed by atoms with Crippen LogP contribution in [-0.4, -0.2) is 24.0 Å². The van der Waals surface area contributed by atoms with E-state index < -0.39 is 5.54 Å². The van der Waals surface area contributed by atoms with Crippen LogP contribution in [0.2, 0.25) is 0 Å². The molecule has 1 unspecified atom stereocenters. The summed E-state index contributed by atoms with van der Waals surface area (Å²) in [6.07, 6.45) is 1.53. The van der Waals surface area contributed by atoms with Crippen molar-refractivity contribution in [3.8, 4) is 0 Å². The summed E-state index contributed by atoms with van der Waals surface area (Å²) in [4.78, 5) is 22.2. The van der Waals surface area contributed by atoms with Crippen molar-refractivity contribution < 1.29 is 14.3 Å². The summed E-state index contributed by atoms with van der Waals surface area (Å²) >= 11 is 0. The quantitative estimate of drug-likeness (QED) is 0.799. The van der Waals surface area contributed by atoms with Crippen LogP contribution in [0.25, 0.3) is 0 Å². The van der Waals surface area contributed by atoms with Crippen LogP contribution < -0.4 is 5.32 Å². The predicted octanol–water partition coefficient (Wildman–Crippen LogP) is 2.08. The van der Waals surface area contributed by atoms with Gasteiger partial charge in [0.1, 0.15) is 6.61 Å². The molecule has 104 valence electrons. The number of carbonyl (C=O) groups excluding carboxylic acids is 2. The van der Waals surface area contributed by atoms with Gasteiger partial charge in [-0.15, -0.1) is 0 Å². The molecule has 4 heteroatoms. The molecule has 0 aliphatic heterocycles. The normalized spacial score (nSPS) is 13.4. The molecular weight excluding hydrogens is 242 g/mol. The standard InChI is InChI=1S/C15H21NO3/c1-12(17)16-15(3,11-19-13(2)18)10-9-14-7-5-4-6-8-14/h4-8H,9-11H2,1-3H3,(H,16,17). The van der Waals surface area contributed by atoms with E-state index in [2.05, 4.69) is 5.32 Å². The third kappa shape index (κ3) is 6.04. The fraction of sp³-hybridized carbons (Fsp3) is 0.467. The molecular formula is C15H21NO3. The second kappa shape index (κ2) is 6.92. The number of nitrogens with one attached hydrogen (secondary N) is 1. The van der Waals surface area contributed by atoms with E-state index in [-0.39, 0.29) is 18.5 Å². The first kappa shape index (κ1) is 15.2. The average Bonchev–Trinajstić information content (AvgIpc) is 2.35. The summed E-state index contributed by atoms with van der Waals surface area (Å²) in [6, 6.07) is 10.0. The lowest BCUT2D eigenvalue weighted by atomic mass is 9.94. The molecule has 0 spiro atoms. The van der Waals surface area contributed by atoms with E-state index in [1.165, 1.54) is 19.4 Å². The highest BCUT2D eigenvalue weighted by Gasteiger charge is 2.26. The fourth-order valence-electron chi connectivity index (χ4n) is 1.92. The van der Waals surface area contributed by atoms with E-state index in [4.69, 9.17) is 4.74 Å². The van der Waals surface area contributed by atoms with Gasteiger partial charge in [-0.3, -0.25) is 9.59 Å². The molecule has 0 heterocycles. The molecule has 0 fully saturated rings. The molecule has 0 saturated heterocycles. The largest absolute Gasteiger partial charge is 0.463 e. The van der Waals surface area contributed by atoms with Crippen LogP contribution in [0.5, 0.6) is 0 Å². The SMILES string of the molecule is CC(=O)NC(C)(CCc1ccccc1)COC(C)=O. The Morgan fingerprint density at radius 2 is 1.84 bits per heavy atom. The molecule has 0 saturated carbocycles. The monoisotopic (exact) mass is 263 g/mol. The van der Waals surface area contributed by atoms with E-state index in [1.807, 2.05) is 37.3 Å². The van der Waals surface area contributed by atoms with Gasteiger partial charge in [0.15, 0.2) is 0 Å². The first-order valence-corrected chi connectivity index (χ1v) is 6.37. The first-order chi connectivity index (χ1) is 8.91. The number of benzene rings is 1. The Balaban J connectivity index is 2.62. The number of hydrogen-bond acceptors (Lipinski definition) is 3. The van der Waals surface area contributed by atoms with Crippen LogP contribution in [0.3, 0.4) is 0 Å². The van der Waals surface area contributed by atoms with E-state index in [1.54, 1.807) is 0 Å². The van der Waals surface area contributed by atoms with Crippen molar-refractivity contribution in [3.05, 3.63) is 35.9 Å². The molecule has 1 amide bonds. The number of rotatable bonds is 6. The lowest BCUT2D eigenvalue weighted by molar-refractivity contribution is -0.144. The highest BCUT2D eigenvalue weighted by atomic mass is 16.5. The maximum Gasteiger partial charge on any atom is 0.302 e. The Labute approximate surface area is 114 Å². The van der Waals surface area contributed by atoms with Crippen molar-refractivity contribution in [2.24, 2.45) is 0 Å². The minimum atomic E-state index is -0.534. The van der Waals surface area contributed by atoms with Crippen molar-refractivity contribution in [2.45, 2.75) is 39.2 Å². The minimum Gasteiger partial charge on any atom is -0.463 e. The van der Waals surface area contributed by atoms with Crippen LogP contribution in [0.1, 0.15) is 32.8 Å². The first-order valence-electron chi connectivity index (χ1n) is 6.37. The zero-order valence-corrected chi connectivity index (χ0v) is 11.7. The smallest absolute Gasteiger partial charge is 0.302 e. The second-order valence-electron chi connectivity index (χ2n) is 5.01. The molecule has 0 aliphatic rings. The van der Waals surface area contributed by atoms with E-state index >= 15 is 0 Å². The maximum absolute atomic E-state index is 11.3. The van der Waals surface area contributed by atoms with Gasteiger partial charge >= 0.3 is 5.97 Å². The van der Waals surface area contributed by atoms with Gasteiger partial charge in [0, 0.05) is 13.8 Å². The molecule has 19 heavy (non-hydrogen) atoms. The molecule has 0 radical (unpaired) electrons. The Bertz CT molecular complexity index is 430. The van der Waals surface area contributed by atoms with Gasteiger partial charge in [0.05, 0.1) is 5.54 Å². The number of hydrogen-bond donors (Lipinski definition) is 1. The zero-order chi connectivity index (χ0) is 14.3. The number of amides is 1. The van der Waals surface area contributed by atoms with Crippen LogP contribution in [0.4, 0.5) is 0 Å². The summed E-state index contributed by atoms with van der Waals surface area (Å²) in [5.41, 5.74) is 0.662. The lowest BCUT2D eigenvalue weighted by Gasteiger charge is -2.29. The maximum atomic E-state index is 11.3. The van der Waals surface area contributed by atoms with Gasteiger partial charge < -0.3 is 10.1 Å². The fourth-order valence-corrected chi connectivity index (χ4v) is 1.92. The average molecular weight is 263 g/mol. The van der Waals surface area contributed by atoms with Crippen molar-refractivity contribution in [1.29, 1.82) is 0 Å². The van der Waals surface area contributed by atoms with Gasteiger partial charge in [-0.2, -0.15) is 0 Å². The van der Waals surface area contributed by atoms with Gasteiger partial charge in [-0.1, -0.05) is 30.3 Å². The molecule has 1 atom stereocenters. The number of aryl methyl sites for hydroxylation is 1. The molecule has 4 nitrogen and oxygen atoms in total. The Morgan fingerprint density at radius 3 is 2.37 bits per heavy atom. The number of esters is 1. The Hall–Kier alpha value is -1.84. The summed E-state index contributed by atoms with van der Waals surface area (Å²) in [7, 11) is 0. The number of ether oxygens (including phenoxy) is 1. The Kier molecular flexibility index (Phi) is 5.55. The molecule has 0 bridgehead atoms. The van der Waals surface area contributed by atoms with Crippen LogP contribution >= 0.6 is 0 Å². The molecule has 0 aliphatic carbocycles. The van der Waals surface area contributed by atoms with Gasteiger partial charge in [-0.25, -0.2) is 0 Å². The molecule has 1 aromatic carbocycles. The topological polar surface area (TPSA) is 55.4 Å². The zero-order valence-electron chi connectivity index (χ0n) is 11.7. The van der Waals surface area contributed by atoms with Gasteiger partial charge in [0.2, 0.25) is 5.91 Å². The van der Waals surface area contributed by atoms with Crippen LogP contribution in [0, 0.1) is 0 Å². The van der Waals surface area contributed by atoms with Crippen molar-refractivity contribution in [3.63, 3.8) is 0 Å². The van der Waals surface area contributed by atoms with Crippen molar-refractivity contribution >= 4 is 11.9 Å². The summed E-state index contributed by atoms with van der Waals surface area (Å²) in [6.45, 7) is 4.91. The summed E-state index contributed by atoms with van der Waals surface area (Å²) < 4.78 is 5.04.